The van der Waals surface area contributed by atoms with Gasteiger partial charge in [-0.3, -0.25) is 9.69 Å². The van der Waals surface area contributed by atoms with Crippen LogP contribution in [0.25, 0.3) is 11.1 Å². The van der Waals surface area contributed by atoms with Crippen LogP contribution in [0.2, 0.25) is 0 Å². The fraction of sp³-hybridized carbons (Fsp3) is 0.192. The molecule has 1 atom stereocenters. The third-order valence-corrected chi connectivity index (χ3v) is 5.85. The van der Waals surface area contributed by atoms with Gasteiger partial charge >= 0.3 is 0 Å². The largest absolute Gasteiger partial charge is 0.369 e. The second-order valence-electron chi connectivity index (χ2n) is 7.88. The molecular formula is C26H23FN4O. The lowest BCUT2D eigenvalue weighted by Gasteiger charge is -2.27. The second-order valence-corrected chi connectivity index (χ2v) is 7.88. The number of hydrogen-bond donors (Lipinski definition) is 1. The topological polar surface area (TPSA) is 82.5 Å². The number of amides is 1. The van der Waals surface area contributed by atoms with Crippen molar-refractivity contribution in [2.75, 3.05) is 7.05 Å². The first kappa shape index (κ1) is 21.3. The van der Waals surface area contributed by atoms with E-state index in [-0.39, 0.29) is 17.4 Å². The molecule has 0 spiro atoms. The lowest BCUT2D eigenvalue weighted by molar-refractivity contribution is -0.129. The molecule has 32 heavy (non-hydrogen) atoms. The van der Waals surface area contributed by atoms with Crippen LogP contribution in [0.3, 0.4) is 0 Å². The number of aliphatic imine (C=N–C) groups is 1. The highest BCUT2D eigenvalue weighted by atomic mass is 19.1. The number of guanidine groups is 1. The standard InChI is InChI=1S/C26H23FN4O/c1-3-5-17-8-11-21(12-9-17)26(24(32)31(2)25(29)30-26)22-7-4-6-18(15-22)19-10-13-23(27)20(14-19)16-28/h4,6-15H,3,5H2,1-2H3,(H2,29,30). The summed E-state index contributed by atoms with van der Waals surface area (Å²) in [5.41, 5.74) is 8.72. The Morgan fingerprint density at radius 2 is 1.78 bits per heavy atom. The average molecular weight is 426 g/mol. The van der Waals surface area contributed by atoms with Crippen LogP contribution in [0.15, 0.2) is 71.7 Å². The quantitative estimate of drug-likeness (QED) is 0.659. The van der Waals surface area contributed by atoms with Crippen molar-refractivity contribution in [2.45, 2.75) is 25.3 Å². The molecule has 3 aromatic carbocycles. The van der Waals surface area contributed by atoms with Gasteiger partial charge in [-0.2, -0.15) is 5.26 Å². The van der Waals surface area contributed by atoms with E-state index < -0.39 is 11.4 Å². The van der Waals surface area contributed by atoms with Crippen LogP contribution >= 0.6 is 0 Å². The Bertz CT molecular complexity index is 1260. The average Bonchev–Trinajstić information content (AvgIpc) is 3.05. The van der Waals surface area contributed by atoms with Gasteiger partial charge in [-0.25, -0.2) is 9.38 Å². The van der Waals surface area contributed by atoms with Crippen LogP contribution in [-0.2, 0) is 16.8 Å². The summed E-state index contributed by atoms with van der Waals surface area (Å²) in [7, 11) is 1.61. The number of nitriles is 1. The van der Waals surface area contributed by atoms with E-state index in [0.717, 1.165) is 24.0 Å². The van der Waals surface area contributed by atoms with Gasteiger partial charge in [0.25, 0.3) is 5.91 Å². The summed E-state index contributed by atoms with van der Waals surface area (Å²) in [6.45, 7) is 2.12. The Balaban J connectivity index is 1.88. The molecule has 1 unspecified atom stereocenters. The predicted molar refractivity (Wildman–Crippen MR) is 122 cm³/mol. The third kappa shape index (κ3) is 3.42. The van der Waals surface area contributed by atoms with Crippen molar-refractivity contribution in [1.29, 1.82) is 5.26 Å². The number of aryl methyl sites for hydroxylation is 1. The Morgan fingerprint density at radius 3 is 2.41 bits per heavy atom. The number of halogens is 1. The SMILES string of the molecule is CCCc1ccc(C2(c3cccc(-c4ccc(F)c(C#N)c4)c3)N=C(N)N(C)C2=O)cc1. The van der Waals surface area contributed by atoms with Gasteiger partial charge in [0.15, 0.2) is 11.5 Å². The van der Waals surface area contributed by atoms with E-state index in [1.165, 1.54) is 22.6 Å². The minimum Gasteiger partial charge on any atom is -0.369 e. The van der Waals surface area contributed by atoms with Crippen LogP contribution in [0.1, 0.15) is 35.6 Å². The van der Waals surface area contributed by atoms with Gasteiger partial charge in [0.2, 0.25) is 0 Å². The van der Waals surface area contributed by atoms with Crippen molar-refractivity contribution < 1.29 is 9.18 Å². The van der Waals surface area contributed by atoms with Crippen molar-refractivity contribution in [2.24, 2.45) is 10.7 Å². The Hall–Kier alpha value is -3.98. The maximum Gasteiger partial charge on any atom is 0.266 e. The van der Waals surface area contributed by atoms with Crippen LogP contribution in [-0.4, -0.2) is 23.8 Å². The van der Waals surface area contributed by atoms with E-state index >= 15 is 0 Å². The van der Waals surface area contributed by atoms with Crippen LogP contribution in [0.5, 0.6) is 0 Å². The first-order valence-electron chi connectivity index (χ1n) is 10.4. The van der Waals surface area contributed by atoms with Gasteiger partial charge in [0.05, 0.1) is 5.56 Å². The molecule has 0 aromatic heterocycles. The van der Waals surface area contributed by atoms with Gasteiger partial charge in [0, 0.05) is 7.05 Å². The van der Waals surface area contributed by atoms with E-state index in [9.17, 15) is 14.4 Å². The summed E-state index contributed by atoms with van der Waals surface area (Å²) in [6, 6.07) is 21.5. The van der Waals surface area contributed by atoms with Crippen LogP contribution < -0.4 is 5.73 Å². The summed E-state index contributed by atoms with van der Waals surface area (Å²) < 4.78 is 13.8. The molecule has 0 saturated carbocycles. The van der Waals surface area contributed by atoms with Gasteiger partial charge in [-0.15, -0.1) is 0 Å². The molecule has 4 rings (SSSR count). The predicted octanol–water partition coefficient (Wildman–Crippen LogP) is 4.35. The fourth-order valence-electron chi connectivity index (χ4n) is 4.10. The normalized spacial score (nSPS) is 17.9. The zero-order valence-electron chi connectivity index (χ0n) is 18.0. The van der Waals surface area contributed by atoms with E-state index in [0.29, 0.717) is 11.1 Å². The maximum absolute atomic E-state index is 13.8. The van der Waals surface area contributed by atoms with E-state index in [4.69, 9.17) is 5.73 Å². The third-order valence-electron chi connectivity index (χ3n) is 5.85. The van der Waals surface area contributed by atoms with Gasteiger partial charge in [0.1, 0.15) is 11.9 Å². The lowest BCUT2D eigenvalue weighted by atomic mass is 9.81. The molecule has 160 valence electrons. The molecule has 0 aliphatic carbocycles. The number of benzene rings is 3. The van der Waals surface area contributed by atoms with Crippen LogP contribution in [0.4, 0.5) is 4.39 Å². The van der Waals surface area contributed by atoms with E-state index in [2.05, 4.69) is 11.9 Å². The van der Waals surface area contributed by atoms with Gasteiger partial charge in [-0.05, 0) is 52.4 Å². The number of likely N-dealkylation sites (N-methyl/N-ethyl adjacent to an activating group) is 1. The highest BCUT2D eigenvalue weighted by Gasteiger charge is 2.49. The summed E-state index contributed by atoms with van der Waals surface area (Å²) in [5.74, 6) is -0.667. The molecule has 1 aliphatic heterocycles. The Morgan fingerprint density at radius 1 is 1.06 bits per heavy atom. The van der Waals surface area contributed by atoms with Gasteiger partial charge < -0.3 is 5.73 Å². The summed E-state index contributed by atoms with van der Waals surface area (Å²) >= 11 is 0. The summed E-state index contributed by atoms with van der Waals surface area (Å²) in [4.78, 5) is 19.5. The highest BCUT2D eigenvalue weighted by molar-refractivity contribution is 6.09. The zero-order valence-corrected chi connectivity index (χ0v) is 18.0. The van der Waals surface area contributed by atoms with Crippen LogP contribution in [0, 0.1) is 17.1 Å². The van der Waals surface area contributed by atoms with Crippen molar-refractivity contribution >= 4 is 11.9 Å². The first-order chi connectivity index (χ1) is 15.4. The number of rotatable bonds is 5. The van der Waals surface area contributed by atoms with Gasteiger partial charge in [-0.1, -0.05) is 61.9 Å². The lowest BCUT2D eigenvalue weighted by Crippen LogP contribution is -2.41. The highest BCUT2D eigenvalue weighted by Crippen LogP contribution is 2.40. The number of hydrogen-bond acceptors (Lipinski definition) is 4. The van der Waals surface area contributed by atoms with E-state index in [1.54, 1.807) is 13.1 Å². The summed E-state index contributed by atoms with van der Waals surface area (Å²) in [5, 5.41) is 9.19. The molecule has 1 heterocycles. The second kappa shape index (κ2) is 8.27. The molecule has 0 bridgehead atoms. The molecular weight excluding hydrogens is 403 g/mol. The van der Waals surface area contributed by atoms with Crippen molar-refractivity contribution in [3.8, 4) is 17.2 Å². The van der Waals surface area contributed by atoms with Crippen molar-refractivity contribution in [1.82, 2.24) is 4.90 Å². The molecule has 1 amide bonds. The Kier molecular flexibility index (Phi) is 5.50. The molecule has 5 nitrogen and oxygen atoms in total. The molecule has 0 saturated heterocycles. The number of carbonyl (C=O) groups is 1. The molecule has 1 aliphatic rings. The van der Waals surface area contributed by atoms with Crippen molar-refractivity contribution in [3.63, 3.8) is 0 Å². The smallest absolute Gasteiger partial charge is 0.266 e. The molecule has 0 fully saturated rings. The summed E-state index contributed by atoms with van der Waals surface area (Å²) in [6.07, 6.45) is 1.98. The number of nitrogens with zero attached hydrogens (tertiary/aromatic N) is 3. The number of nitrogens with two attached hydrogens (primary N) is 1. The minimum absolute atomic E-state index is 0.0342. The molecule has 6 heteroatoms. The first-order valence-corrected chi connectivity index (χ1v) is 10.4. The maximum atomic E-state index is 13.8. The van der Waals surface area contributed by atoms with E-state index in [1.807, 2.05) is 54.6 Å². The fourth-order valence-corrected chi connectivity index (χ4v) is 4.10. The molecule has 0 radical (unpaired) electrons. The molecule has 3 aromatic rings. The minimum atomic E-state index is -1.31. The number of carbonyl (C=O) groups excluding carboxylic acids is 1. The molecule has 2 N–H and O–H groups in total. The Labute approximate surface area is 186 Å². The zero-order chi connectivity index (χ0) is 22.9. The van der Waals surface area contributed by atoms with Crippen molar-refractivity contribution in [3.05, 3.63) is 94.8 Å². The monoisotopic (exact) mass is 426 g/mol.